The van der Waals surface area contributed by atoms with Gasteiger partial charge in [-0.3, -0.25) is 4.90 Å². The molecule has 0 spiro atoms. The highest BCUT2D eigenvalue weighted by atomic mass is 32.1. The second-order valence-electron chi connectivity index (χ2n) is 8.98. The SMILES string of the molecule is COc1ccc(Cn2nnnc2[C@@H](c2ccc(F)cc2)N2CCN(c3nc4ccccc4s3)CC2)cc1. The van der Waals surface area contributed by atoms with Crippen LogP contribution in [0.1, 0.15) is 23.0 Å². The molecule has 0 bridgehead atoms. The smallest absolute Gasteiger partial charge is 0.186 e. The largest absolute Gasteiger partial charge is 0.497 e. The molecule has 10 heteroatoms. The molecule has 0 aliphatic carbocycles. The number of thiazole rings is 1. The Balaban J connectivity index is 1.26. The van der Waals surface area contributed by atoms with Crippen molar-refractivity contribution in [2.24, 2.45) is 0 Å². The fourth-order valence-electron chi connectivity index (χ4n) is 4.76. The van der Waals surface area contributed by atoms with Crippen molar-refractivity contribution in [1.29, 1.82) is 0 Å². The molecule has 0 radical (unpaired) electrons. The van der Waals surface area contributed by atoms with Crippen molar-refractivity contribution in [2.75, 3.05) is 38.2 Å². The van der Waals surface area contributed by atoms with Gasteiger partial charge in [0.15, 0.2) is 11.0 Å². The molecule has 1 aliphatic rings. The second-order valence-corrected chi connectivity index (χ2v) is 9.99. The monoisotopic (exact) mass is 515 g/mol. The molecule has 3 heterocycles. The van der Waals surface area contributed by atoms with Crippen LogP contribution in [0.25, 0.3) is 10.2 Å². The van der Waals surface area contributed by atoms with Gasteiger partial charge in [0.05, 0.1) is 29.9 Å². The molecule has 1 saturated heterocycles. The zero-order valence-electron chi connectivity index (χ0n) is 20.4. The molecule has 8 nitrogen and oxygen atoms in total. The number of benzene rings is 3. The van der Waals surface area contributed by atoms with Crippen molar-refractivity contribution >= 4 is 26.7 Å². The molecule has 2 aromatic heterocycles. The van der Waals surface area contributed by atoms with Crippen LogP contribution >= 0.6 is 11.3 Å². The van der Waals surface area contributed by atoms with Gasteiger partial charge in [-0.1, -0.05) is 47.7 Å². The van der Waals surface area contributed by atoms with Gasteiger partial charge < -0.3 is 9.64 Å². The van der Waals surface area contributed by atoms with E-state index in [0.717, 1.165) is 59.5 Å². The van der Waals surface area contributed by atoms with E-state index in [1.807, 2.05) is 53.2 Å². The Morgan fingerprint density at radius 3 is 2.43 bits per heavy atom. The Bertz CT molecular complexity index is 1440. The number of hydrogen-bond acceptors (Lipinski definition) is 8. The van der Waals surface area contributed by atoms with Gasteiger partial charge in [-0.05, 0) is 58.0 Å². The van der Waals surface area contributed by atoms with Crippen molar-refractivity contribution in [3.05, 3.63) is 95.6 Å². The Morgan fingerprint density at radius 1 is 0.946 bits per heavy atom. The first-order valence-corrected chi connectivity index (χ1v) is 13.0. The van der Waals surface area contributed by atoms with E-state index in [2.05, 4.69) is 37.5 Å². The van der Waals surface area contributed by atoms with Crippen LogP contribution in [0.3, 0.4) is 0 Å². The summed E-state index contributed by atoms with van der Waals surface area (Å²) in [5.41, 5.74) is 3.06. The zero-order valence-corrected chi connectivity index (χ0v) is 21.2. The molecule has 0 unspecified atom stereocenters. The fourth-order valence-corrected chi connectivity index (χ4v) is 5.78. The van der Waals surface area contributed by atoms with Gasteiger partial charge in [0.25, 0.3) is 0 Å². The van der Waals surface area contributed by atoms with E-state index >= 15 is 0 Å². The summed E-state index contributed by atoms with van der Waals surface area (Å²) in [6.45, 7) is 3.78. The van der Waals surface area contributed by atoms with E-state index in [1.165, 1.54) is 16.8 Å². The summed E-state index contributed by atoms with van der Waals surface area (Å²) in [5, 5.41) is 13.8. The highest BCUT2D eigenvalue weighted by molar-refractivity contribution is 7.22. The third kappa shape index (κ3) is 4.90. The predicted octanol–water partition coefficient (Wildman–Crippen LogP) is 4.39. The van der Waals surface area contributed by atoms with Gasteiger partial charge in [0.2, 0.25) is 0 Å². The number of rotatable bonds is 7. The number of methoxy groups -OCH3 is 1. The lowest BCUT2D eigenvalue weighted by molar-refractivity contribution is 0.201. The summed E-state index contributed by atoms with van der Waals surface area (Å²) in [7, 11) is 1.65. The molecule has 0 saturated carbocycles. The minimum Gasteiger partial charge on any atom is -0.497 e. The van der Waals surface area contributed by atoms with E-state index in [1.54, 1.807) is 18.4 Å². The van der Waals surface area contributed by atoms with Gasteiger partial charge >= 0.3 is 0 Å². The quantitative estimate of drug-likeness (QED) is 0.318. The number of para-hydroxylation sites is 1. The predicted molar refractivity (Wildman–Crippen MR) is 142 cm³/mol. The van der Waals surface area contributed by atoms with Crippen molar-refractivity contribution in [3.8, 4) is 5.75 Å². The molecule has 188 valence electrons. The molecule has 1 aliphatic heterocycles. The molecule has 37 heavy (non-hydrogen) atoms. The van der Waals surface area contributed by atoms with E-state index in [9.17, 15) is 4.39 Å². The summed E-state index contributed by atoms with van der Waals surface area (Å²) >= 11 is 1.72. The fraction of sp³-hybridized carbons (Fsp3) is 0.259. The summed E-state index contributed by atoms with van der Waals surface area (Å²) in [5.74, 6) is 1.27. The standard InChI is InChI=1S/C27H26FN7OS/c1-36-22-12-6-19(7-13-22)18-35-26(30-31-32-35)25(20-8-10-21(28)11-9-20)33-14-16-34(17-15-33)27-29-23-4-2-3-5-24(23)37-27/h2-13,25H,14-18H2,1H3/t25-/m1/s1. The maximum Gasteiger partial charge on any atom is 0.186 e. The molecule has 5 aromatic rings. The number of piperazine rings is 1. The van der Waals surface area contributed by atoms with E-state index in [0.29, 0.717) is 6.54 Å². The highest BCUT2D eigenvalue weighted by Crippen LogP contribution is 2.32. The van der Waals surface area contributed by atoms with Crippen molar-refractivity contribution in [1.82, 2.24) is 30.1 Å². The number of tetrazole rings is 1. The van der Waals surface area contributed by atoms with Gasteiger partial charge in [-0.15, -0.1) is 5.10 Å². The van der Waals surface area contributed by atoms with Crippen LogP contribution in [-0.2, 0) is 6.54 Å². The first-order valence-electron chi connectivity index (χ1n) is 12.2. The van der Waals surface area contributed by atoms with Crippen LogP contribution in [0.4, 0.5) is 9.52 Å². The number of fused-ring (bicyclic) bond motifs is 1. The number of halogens is 1. The van der Waals surface area contributed by atoms with Gasteiger partial charge in [-0.25, -0.2) is 14.1 Å². The van der Waals surface area contributed by atoms with E-state index in [4.69, 9.17) is 9.72 Å². The van der Waals surface area contributed by atoms with Crippen LogP contribution in [0.2, 0.25) is 0 Å². The summed E-state index contributed by atoms with van der Waals surface area (Å²) in [6, 6.07) is 22.6. The van der Waals surface area contributed by atoms with Crippen molar-refractivity contribution in [2.45, 2.75) is 12.6 Å². The highest BCUT2D eigenvalue weighted by Gasteiger charge is 2.31. The first-order chi connectivity index (χ1) is 18.2. The summed E-state index contributed by atoms with van der Waals surface area (Å²) in [6.07, 6.45) is 0. The van der Waals surface area contributed by atoms with Crippen LogP contribution in [-0.4, -0.2) is 63.4 Å². The Kier molecular flexibility index (Phi) is 6.50. The number of anilines is 1. The van der Waals surface area contributed by atoms with Crippen LogP contribution in [0.5, 0.6) is 5.75 Å². The van der Waals surface area contributed by atoms with Crippen LogP contribution < -0.4 is 9.64 Å². The maximum atomic E-state index is 13.8. The average Bonchev–Trinajstić information content (AvgIpc) is 3.58. The normalized spacial score (nSPS) is 15.2. The first kappa shape index (κ1) is 23.5. The van der Waals surface area contributed by atoms with Crippen LogP contribution in [0.15, 0.2) is 72.8 Å². The van der Waals surface area contributed by atoms with Crippen molar-refractivity contribution in [3.63, 3.8) is 0 Å². The number of nitrogens with zero attached hydrogens (tertiary/aromatic N) is 7. The minimum absolute atomic E-state index is 0.202. The lowest BCUT2D eigenvalue weighted by Gasteiger charge is -2.38. The second kappa shape index (κ2) is 10.2. The average molecular weight is 516 g/mol. The molecule has 1 fully saturated rings. The molecule has 6 rings (SSSR count). The zero-order chi connectivity index (χ0) is 25.2. The Hall–Kier alpha value is -3.89. The Labute approximate surface area is 217 Å². The lowest BCUT2D eigenvalue weighted by atomic mass is 10.0. The number of hydrogen-bond donors (Lipinski definition) is 0. The third-order valence-corrected chi connectivity index (χ3v) is 7.81. The summed E-state index contributed by atoms with van der Waals surface area (Å²) in [4.78, 5) is 9.54. The third-order valence-electron chi connectivity index (χ3n) is 6.71. The molecular formula is C27H26FN7OS. The molecule has 1 atom stereocenters. The molecule has 0 amide bonds. The van der Waals surface area contributed by atoms with Gasteiger partial charge in [0.1, 0.15) is 11.6 Å². The van der Waals surface area contributed by atoms with E-state index < -0.39 is 0 Å². The number of ether oxygens (including phenoxy) is 1. The van der Waals surface area contributed by atoms with Gasteiger partial charge in [0, 0.05) is 26.2 Å². The maximum absolute atomic E-state index is 13.8. The van der Waals surface area contributed by atoms with Crippen molar-refractivity contribution < 1.29 is 9.13 Å². The Morgan fingerprint density at radius 2 is 1.70 bits per heavy atom. The molecule has 3 aromatic carbocycles. The molecular weight excluding hydrogens is 489 g/mol. The number of aromatic nitrogens is 5. The lowest BCUT2D eigenvalue weighted by Crippen LogP contribution is -2.48. The topological polar surface area (TPSA) is 72.2 Å². The summed E-state index contributed by atoms with van der Waals surface area (Å²) < 4.78 is 22.1. The minimum atomic E-state index is -0.263. The van der Waals surface area contributed by atoms with E-state index in [-0.39, 0.29) is 11.9 Å². The van der Waals surface area contributed by atoms with Crippen LogP contribution in [0, 0.1) is 5.82 Å². The molecule has 0 N–H and O–H groups in total. The van der Waals surface area contributed by atoms with Gasteiger partial charge in [-0.2, -0.15) is 0 Å².